The number of carbonyl (C=O) groups excluding carboxylic acids is 1. The Balaban J connectivity index is 2.40. The van der Waals surface area contributed by atoms with Crippen molar-refractivity contribution in [3.63, 3.8) is 0 Å². The maximum absolute atomic E-state index is 11.4. The van der Waals surface area contributed by atoms with Crippen LogP contribution in [0.5, 0.6) is 0 Å². The van der Waals surface area contributed by atoms with E-state index < -0.39 is 23.9 Å². The van der Waals surface area contributed by atoms with Gasteiger partial charge in [-0.15, -0.1) is 0 Å². The summed E-state index contributed by atoms with van der Waals surface area (Å²) < 4.78 is 5.06. The molecule has 1 amide bonds. The van der Waals surface area contributed by atoms with Gasteiger partial charge in [0.1, 0.15) is 17.5 Å². The minimum absolute atomic E-state index is 0.183. The van der Waals surface area contributed by atoms with Crippen molar-refractivity contribution in [2.75, 3.05) is 12.3 Å². The molecule has 1 rings (SSSR count). The summed E-state index contributed by atoms with van der Waals surface area (Å²) in [5.41, 5.74) is 5.42. The number of nitrogens with zero attached hydrogens (tertiary/aromatic N) is 1. The molecule has 0 fully saturated rings. The highest BCUT2D eigenvalue weighted by Gasteiger charge is 2.20. The molecule has 2 atom stereocenters. The second kappa shape index (κ2) is 7.24. The molecule has 0 radical (unpaired) electrons. The third-order valence-electron chi connectivity index (χ3n) is 2.62. The number of alkyl carbamates (subject to hydrolysis) is 1. The number of nitrogen functional groups attached to an aromatic ring is 1. The van der Waals surface area contributed by atoms with Crippen LogP contribution >= 0.6 is 0 Å². The number of nitrogens with one attached hydrogen (secondary N) is 1. The molecule has 0 saturated carbocycles. The maximum Gasteiger partial charge on any atom is 0.407 e. The number of anilines is 1. The lowest BCUT2D eigenvalue weighted by Crippen LogP contribution is -2.34. The van der Waals surface area contributed by atoms with E-state index in [-0.39, 0.29) is 18.8 Å². The average molecular weight is 297 g/mol. The molecule has 0 spiro atoms. The van der Waals surface area contributed by atoms with Crippen LogP contribution in [-0.4, -0.2) is 39.5 Å². The molecule has 1 aromatic rings. The normalized spacial score (nSPS) is 14.3. The summed E-state index contributed by atoms with van der Waals surface area (Å²) >= 11 is 0. The van der Waals surface area contributed by atoms with Crippen LogP contribution in [0, 0.1) is 0 Å². The summed E-state index contributed by atoms with van der Waals surface area (Å²) in [5, 5.41) is 22.4. The third kappa shape index (κ3) is 6.42. The van der Waals surface area contributed by atoms with E-state index in [2.05, 4.69) is 10.3 Å². The van der Waals surface area contributed by atoms with E-state index in [1.54, 1.807) is 26.8 Å². The fraction of sp³-hybridized carbons (Fsp3) is 0.571. The van der Waals surface area contributed by atoms with Crippen LogP contribution in [0.3, 0.4) is 0 Å². The molecule has 0 aliphatic carbocycles. The van der Waals surface area contributed by atoms with Crippen LogP contribution < -0.4 is 11.1 Å². The van der Waals surface area contributed by atoms with E-state index in [0.717, 1.165) is 0 Å². The topological polar surface area (TPSA) is 118 Å². The number of aliphatic hydroxyl groups is 2. The van der Waals surface area contributed by atoms with Gasteiger partial charge in [-0.25, -0.2) is 9.78 Å². The largest absolute Gasteiger partial charge is 0.444 e. The predicted molar refractivity (Wildman–Crippen MR) is 78.5 cm³/mol. The molecule has 7 heteroatoms. The zero-order valence-electron chi connectivity index (χ0n) is 12.5. The van der Waals surface area contributed by atoms with Gasteiger partial charge in [0.2, 0.25) is 0 Å². The Morgan fingerprint density at radius 3 is 2.71 bits per heavy atom. The summed E-state index contributed by atoms with van der Waals surface area (Å²) in [6, 6.07) is 3.07. The highest BCUT2D eigenvalue weighted by atomic mass is 16.6. The molecule has 0 saturated heterocycles. The lowest BCUT2D eigenvalue weighted by molar-refractivity contribution is 0.0123. The van der Waals surface area contributed by atoms with Crippen LogP contribution in [0.25, 0.3) is 0 Å². The molecule has 1 heterocycles. The standard InChI is InChI=1S/C14H23N3O4/c1-14(2,3)21-13(20)17-7-5-10(18)12(19)9-4-6-16-11(15)8-9/h4,6,8,10,12,18-19H,5,7H2,1-3H3,(H2,15,16)(H,17,20). The molecule has 0 aromatic carbocycles. The highest BCUT2D eigenvalue weighted by Crippen LogP contribution is 2.19. The number of nitrogens with two attached hydrogens (primary N) is 1. The van der Waals surface area contributed by atoms with Crippen molar-refractivity contribution in [2.24, 2.45) is 0 Å². The van der Waals surface area contributed by atoms with E-state index in [0.29, 0.717) is 5.56 Å². The Hall–Kier alpha value is -1.86. The minimum Gasteiger partial charge on any atom is -0.444 e. The first-order valence-electron chi connectivity index (χ1n) is 6.73. The number of aromatic nitrogens is 1. The van der Waals surface area contributed by atoms with Gasteiger partial charge in [-0.3, -0.25) is 0 Å². The zero-order chi connectivity index (χ0) is 16.0. The lowest BCUT2D eigenvalue weighted by Gasteiger charge is -2.21. The van der Waals surface area contributed by atoms with Crippen LogP contribution in [0.4, 0.5) is 10.6 Å². The third-order valence-corrected chi connectivity index (χ3v) is 2.62. The number of pyridine rings is 1. The van der Waals surface area contributed by atoms with Gasteiger partial charge < -0.3 is 26.0 Å². The van der Waals surface area contributed by atoms with Gasteiger partial charge in [0.05, 0.1) is 6.10 Å². The van der Waals surface area contributed by atoms with Gasteiger partial charge in [-0.05, 0) is 44.9 Å². The summed E-state index contributed by atoms with van der Waals surface area (Å²) in [4.78, 5) is 15.2. The van der Waals surface area contributed by atoms with Gasteiger partial charge in [0.25, 0.3) is 0 Å². The van der Waals surface area contributed by atoms with Gasteiger partial charge in [0, 0.05) is 12.7 Å². The molecule has 7 nitrogen and oxygen atoms in total. The Morgan fingerprint density at radius 1 is 1.48 bits per heavy atom. The van der Waals surface area contributed by atoms with Crippen LogP contribution in [-0.2, 0) is 4.74 Å². The minimum atomic E-state index is -1.09. The Labute approximate surface area is 124 Å². The zero-order valence-corrected chi connectivity index (χ0v) is 12.5. The van der Waals surface area contributed by atoms with Crippen molar-refractivity contribution >= 4 is 11.9 Å². The summed E-state index contributed by atoms with van der Waals surface area (Å²) in [6.07, 6.45) is -1.03. The molecule has 0 aliphatic heterocycles. The summed E-state index contributed by atoms with van der Waals surface area (Å²) in [7, 11) is 0. The molecule has 118 valence electrons. The second-order valence-corrected chi connectivity index (χ2v) is 5.74. The van der Waals surface area contributed by atoms with Gasteiger partial charge in [-0.2, -0.15) is 0 Å². The van der Waals surface area contributed by atoms with Crippen molar-refractivity contribution in [3.8, 4) is 0 Å². The van der Waals surface area contributed by atoms with Crippen molar-refractivity contribution < 1.29 is 19.7 Å². The molecule has 0 bridgehead atoms. The average Bonchev–Trinajstić information content (AvgIpc) is 2.35. The highest BCUT2D eigenvalue weighted by molar-refractivity contribution is 5.67. The number of aliphatic hydroxyl groups excluding tert-OH is 2. The van der Waals surface area contributed by atoms with E-state index in [1.807, 2.05) is 0 Å². The van der Waals surface area contributed by atoms with Gasteiger partial charge in [0.15, 0.2) is 0 Å². The van der Waals surface area contributed by atoms with E-state index in [1.165, 1.54) is 12.3 Å². The number of carbonyl (C=O) groups is 1. The first-order chi connectivity index (χ1) is 9.69. The SMILES string of the molecule is CC(C)(C)OC(=O)NCCC(O)C(O)c1ccnc(N)c1. The fourth-order valence-electron chi connectivity index (χ4n) is 1.67. The molecule has 1 aromatic heterocycles. The van der Waals surface area contributed by atoms with E-state index in [4.69, 9.17) is 10.5 Å². The Morgan fingerprint density at radius 2 is 2.14 bits per heavy atom. The number of rotatable bonds is 5. The molecule has 21 heavy (non-hydrogen) atoms. The second-order valence-electron chi connectivity index (χ2n) is 5.74. The van der Waals surface area contributed by atoms with E-state index in [9.17, 15) is 15.0 Å². The molecular weight excluding hydrogens is 274 g/mol. The van der Waals surface area contributed by atoms with Crippen LogP contribution in [0.2, 0.25) is 0 Å². The smallest absolute Gasteiger partial charge is 0.407 e. The van der Waals surface area contributed by atoms with Crippen LogP contribution in [0.1, 0.15) is 38.9 Å². The first-order valence-corrected chi connectivity index (χ1v) is 6.73. The number of hydrogen-bond donors (Lipinski definition) is 4. The quantitative estimate of drug-likeness (QED) is 0.643. The Bertz CT molecular complexity index is 474. The molecule has 0 aliphatic rings. The van der Waals surface area contributed by atoms with Crippen molar-refractivity contribution in [1.29, 1.82) is 0 Å². The summed E-state index contributed by atoms with van der Waals surface area (Å²) in [5.74, 6) is 0.269. The number of amides is 1. The number of ether oxygens (including phenoxy) is 1. The fourth-order valence-corrected chi connectivity index (χ4v) is 1.67. The van der Waals surface area contributed by atoms with Crippen LogP contribution in [0.15, 0.2) is 18.3 Å². The van der Waals surface area contributed by atoms with Crippen molar-refractivity contribution in [1.82, 2.24) is 10.3 Å². The first kappa shape index (κ1) is 17.2. The number of hydrogen-bond acceptors (Lipinski definition) is 6. The molecule has 5 N–H and O–H groups in total. The molecule has 2 unspecified atom stereocenters. The maximum atomic E-state index is 11.4. The van der Waals surface area contributed by atoms with Crippen molar-refractivity contribution in [2.45, 2.75) is 45.0 Å². The predicted octanol–water partition coefficient (Wildman–Crippen LogP) is 0.973. The lowest BCUT2D eigenvalue weighted by atomic mass is 10.0. The summed E-state index contributed by atoms with van der Waals surface area (Å²) in [6.45, 7) is 5.48. The van der Waals surface area contributed by atoms with Gasteiger partial charge in [-0.1, -0.05) is 0 Å². The monoisotopic (exact) mass is 297 g/mol. The van der Waals surface area contributed by atoms with Gasteiger partial charge >= 0.3 is 6.09 Å². The van der Waals surface area contributed by atoms with E-state index >= 15 is 0 Å². The van der Waals surface area contributed by atoms with Crippen molar-refractivity contribution in [3.05, 3.63) is 23.9 Å². The Kier molecular flexibility index (Phi) is 5.92. The molecular formula is C14H23N3O4.